The number of hydrogen-bond acceptors (Lipinski definition) is 17. The second-order valence-corrected chi connectivity index (χ2v) is 16.8. The van der Waals surface area contributed by atoms with Crippen LogP contribution >= 0.6 is 0 Å². The molecular weight excluding hydrogens is 1140 g/mol. The molecule has 0 bridgehead atoms. The zero-order chi connectivity index (χ0) is 60.3. The molecule has 11 aromatic rings. The van der Waals surface area contributed by atoms with Crippen LogP contribution in [0.3, 0.4) is 0 Å². The van der Waals surface area contributed by atoms with Gasteiger partial charge in [-0.25, -0.2) is 31.9 Å². The Balaban J connectivity index is 0.000000191. The Morgan fingerprint density at radius 3 is 1.41 bits per heavy atom. The molecule has 31 heteroatoms. The van der Waals surface area contributed by atoms with Crippen molar-refractivity contribution in [2.24, 2.45) is 5.73 Å². The van der Waals surface area contributed by atoms with Crippen molar-refractivity contribution in [3.8, 4) is 57.2 Å². The van der Waals surface area contributed by atoms with E-state index in [1.165, 1.54) is 52.4 Å². The van der Waals surface area contributed by atoms with Gasteiger partial charge in [0.15, 0.2) is 11.6 Å². The fourth-order valence-electron chi connectivity index (χ4n) is 7.30. The van der Waals surface area contributed by atoms with Crippen molar-refractivity contribution >= 4 is 12.0 Å². The first-order valence-corrected chi connectivity index (χ1v) is 24.1. The second kappa shape index (κ2) is 30.6. The van der Waals surface area contributed by atoms with Crippen LogP contribution < -0.4 is 51.5 Å². The first kappa shape index (κ1) is 63.8. The van der Waals surface area contributed by atoms with Crippen LogP contribution in [0, 0.1) is 34.5 Å². The van der Waals surface area contributed by atoms with E-state index in [1.807, 2.05) is 0 Å². The molecule has 8 heterocycles. The van der Waals surface area contributed by atoms with E-state index in [1.54, 1.807) is 96.5 Å². The maximum Gasteiger partial charge on any atom is 1.00 e. The summed E-state index contributed by atoms with van der Waals surface area (Å²) in [6.45, 7) is 0.733. The number of nitrogens with one attached hydrogen (secondary N) is 3. The molecule has 5 N–H and O–H groups in total. The molecule has 11 rings (SSSR count). The van der Waals surface area contributed by atoms with Crippen molar-refractivity contribution in [2.45, 2.75) is 39.7 Å². The number of hydrogen-bond donors (Lipinski definition) is 4. The van der Waals surface area contributed by atoms with E-state index in [9.17, 15) is 45.4 Å². The molecule has 0 saturated heterocycles. The Morgan fingerprint density at radius 2 is 1.05 bits per heavy atom. The van der Waals surface area contributed by atoms with Gasteiger partial charge < -0.3 is 34.4 Å². The van der Waals surface area contributed by atoms with Gasteiger partial charge in [-0.05, 0) is 42.8 Å². The molecule has 0 spiro atoms. The molecular formula is C54H41F7N15NaO8. The van der Waals surface area contributed by atoms with Gasteiger partial charge in [-0.2, -0.15) is 33.7 Å². The minimum absolute atomic E-state index is 0. The average molecular weight is 1180 g/mol. The van der Waals surface area contributed by atoms with Crippen molar-refractivity contribution in [1.82, 2.24) is 64.7 Å². The first-order chi connectivity index (χ1) is 40.5. The Kier molecular flexibility index (Phi) is 22.9. The van der Waals surface area contributed by atoms with Crippen LogP contribution in [-0.4, -0.2) is 76.7 Å². The number of allylic oxidation sites excluding steroid dienone is 1. The molecule has 0 aliphatic carbocycles. The van der Waals surface area contributed by atoms with Crippen LogP contribution in [0.1, 0.15) is 41.4 Å². The minimum atomic E-state index is -1.28. The monoisotopic (exact) mass is 1180 g/mol. The number of nitrogens with zero attached hydrogens (tertiary/aromatic N) is 11. The van der Waals surface area contributed by atoms with Crippen LogP contribution in [-0.2, 0) is 35.9 Å². The number of amidine groups is 1. The molecule has 0 radical (unpaired) electrons. The summed E-state index contributed by atoms with van der Waals surface area (Å²) in [5.74, 6) is -4.15. The summed E-state index contributed by atoms with van der Waals surface area (Å²) in [6, 6.07) is 28.5. The number of rotatable bonds is 14. The maximum atomic E-state index is 14.1. The molecule has 3 aromatic carbocycles. The van der Waals surface area contributed by atoms with Gasteiger partial charge in [0.2, 0.25) is 11.6 Å². The van der Waals surface area contributed by atoms with Crippen molar-refractivity contribution in [1.29, 1.82) is 5.41 Å². The van der Waals surface area contributed by atoms with Crippen LogP contribution in [0.15, 0.2) is 169 Å². The van der Waals surface area contributed by atoms with Gasteiger partial charge in [-0.1, -0.05) is 77.0 Å². The molecule has 430 valence electrons. The molecule has 0 fully saturated rings. The number of nitrogen functional groups attached to an aromatic ring is 1. The summed E-state index contributed by atoms with van der Waals surface area (Å²) < 4.78 is 112. The normalized spacial score (nSPS) is 10.6. The van der Waals surface area contributed by atoms with Crippen LogP contribution in [0.5, 0.6) is 0 Å². The second-order valence-electron chi connectivity index (χ2n) is 16.8. The minimum Gasteiger partial charge on any atom is -0.876 e. The smallest absolute Gasteiger partial charge is 0.876 e. The summed E-state index contributed by atoms with van der Waals surface area (Å²) in [6.07, 6.45) is 5.69. The van der Waals surface area contributed by atoms with Gasteiger partial charge >= 0.3 is 35.7 Å². The third-order valence-corrected chi connectivity index (χ3v) is 11.3. The number of aromatic amines is 2. The van der Waals surface area contributed by atoms with E-state index < -0.39 is 46.8 Å². The molecule has 0 unspecified atom stereocenters. The SMILES string of the molecule is CCC(F)=C[O-].N=C(N)c1cc(-c2ccon2)n(Cc2ccccc2F)n1.O=C=O.O=c1[nH]c(-c2cc(-c3ccon3)n(Cc3ccccc3F)n2)nc(CF)c1F.O=c1[nH]c(-c2cc(-c3ccon3)n(Cc3ccccc3F)n2)ncc1F.[Na+]. The maximum absolute atomic E-state index is 14.1. The van der Waals surface area contributed by atoms with Crippen LogP contribution in [0.2, 0.25) is 0 Å². The molecule has 0 atom stereocenters. The van der Waals surface area contributed by atoms with Crippen molar-refractivity contribution in [2.75, 3.05) is 0 Å². The Morgan fingerprint density at radius 1 is 0.635 bits per heavy atom. The summed E-state index contributed by atoms with van der Waals surface area (Å²) in [5.41, 5.74) is 7.87. The number of aromatic nitrogens is 13. The van der Waals surface area contributed by atoms with Crippen molar-refractivity contribution in [3.63, 3.8) is 0 Å². The molecule has 8 aromatic heterocycles. The quantitative estimate of drug-likeness (QED) is 0.0377. The molecule has 0 saturated carbocycles. The van der Waals surface area contributed by atoms with Gasteiger partial charge in [0, 0.05) is 34.9 Å². The molecule has 23 nitrogen and oxygen atoms in total. The standard InChI is InChI=1S/C18H12F3N5O2.C17H11F2N5O2.C14H12FN5O.C4H7FO.CO2.Na/c19-8-14-16(21)18(27)23-17(22-14)13-7-15(12-5-6-28-25-12)26(24-13)9-10-3-1-2-4-11(10)20;18-11-4-2-1-3-10(11)9-24-15(13-5-6-26-23-13)7-14(22-24)16-20-8-12(19)17(25)21-16;15-10-4-2-1-3-9(10)8-20-13(11-5-6-21-19-11)7-12(18-20)14(16)17;1-2-4(5)3-6;2-1-3;/h1-7H,8-9H2,(H,22,23,27);1-8H,9H2,(H,20,21,25);1-7H,8H2,(H3,16,17);3,6H,2H2,1H3;;/q;;;;;+1/p-1. The number of H-pyrrole nitrogens is 2. The van der Waals surface area contributed by atoms with E-state index >= 15 is 0 Å². The average Bonchev–Trinajstić information content (AvgIpc) is 4.57. The first-order valence-electron chi connectivity index (χ1n) is 24.1. The fraction of sp³-hybridized carbons (Fsp3) is 0.111. The zero-order valence-electron chi connectivity index (χ0n) is 44.2. The summed E-state index contributed by atoms with van der Waals surface area (Å²) in [5, 5.41) is 41.2. The van der Waals surface area contributed by atoms with E-state index in [0.717, 1.165) is 6.20 Å². The van der Waals surface area contributed by atoms with Crippen LogP contribution in [0.4, 0.5) is 30.7 Å². The third-order valence-electron chi connectivity index (χ3n) is 11.3. The van der Waals surface area contributed by atoms with Crippen molar-refractivity contribution in [3.05, 3.63) is 224 Å². The zero-order valence-corrected chi connectivity index (χ0v) is 46.2. The molecule has 85 heavy (non-hydrogen) atoms. The Hall–Kier alpha value is -10.4. The van der Waals surface area contributed by atoms with Gasteiger partial charge in [-0.3, -0.25) is 29.0 Å². The number of benzene rings is 3. The number of alkyl halides is 1. The Labute approximate surface area is 495 Å². The molecule has 0 amide bonds. The topological polar surface area (TPSA) is 330 Å². The van der Waals surface area contributed by atoms with E-state index in [4.69, 9.17) is 34.3 Å². The number of carbonyl (C=O) groups excluding carboxylic acids is 2. The van der Waals surface area contributed by atoms with E-state index in [0.29, 0.717) is 56.5 Å². The van der Waals surface area contributed by atoms with Gasteiger partial charge in [0.25, 0.3) is 11.1 Å². The van der Waals surface area contributed by atoms with Gasteiger partial charge in [-0.15, -0.1) is 6.26 Å². The Bertz CT molecular complexity index is 4160. The van der Waals surface area contributed by atoms with Crippen molar-refractivity contribution < 1.29 is 88.6 Å². The van der Waals surface area contributed by atoms with E-state index in [-0.39, 0.29) is 109 Å². The predicted octanol–water partition coefficient (Wildman–Crippen LogP) is 4.70. The number of halogens is 7. The van der Waals surface area contributed by atoms with Crippen LogP contribution in [0.25, 0.3) is 57.2 Å². The largest absolute Gasteiger partial charge is 1.00 e. The fourth-order valence-corrected chi connectivity index (χ4v) is 7.30. The summed E-state index contributed by atoms with van der Waals surface area (Å²) in [4.78, 5) is 51.6. The molecule has 0 aliphatic rings. The van der Waals surface area contributed by atoms with E-state index in [2.05, 4.69) is 50.7 Å². The third kappa shape index (κ3) is 16.6. The summed E-state index contributed by atoms with van der Waals surface area (Å²) >= 11 is 0. The van der Waals surface area contributed by atoms with Gasteiger partial charge in [0.1, 0.15) is 88.6 Å². The summed E-state index contributed by atoms with van der Waals surface area (Å²) in [7, 11) is 0. The molecule has 0 aliphatic heterocycles. The van der Waals surface area contributed by atoms with Gasteiger partial charge in [0.05, 0.1) is 48.7 Å². The number of nitrogens with two attached hydrogens (primary N) is 1. The predicted molar refractivity (Wildman–Crippen MR) is 278 cm³/mol.